The van der Waals surface area contributed by atoms with Crippen molar-refractivity contribution in [2.75, 3.05) is 0 Å². The van der Waals surface area contributed by atoms with E-state index in [-0.39, 0.29) is 0 Å². The SMILES string of the molecule is C=C/C=C/C[C@H](C=C)c1ccc2ccccc2c1. The summed E-state index contributed by atoms with van der Waals surface area (Å²) in [5, 5.41) is 2.57. The first-order valence-corrected chi connectivity index (χ1v) is 6.24. The summed E-state index contributed by atoms with van der Waals surface area (Å²) >= 11 is 0. The Kier molecular flexibility index (Phi) is 4.14. The maximum absolute atomic E-state index is 3.94. The molecule has 90 valence electrons. The van der Waals surface area contributed by atoms with Crippen LogP contribution < -0.4 is 0 Å². The molecule has 2 aromatic carbocycles. The molecule has 0 amide bonds. The molecule has 0 aliphatic heterocycles. The molecule has 0 nitrogen and oxygen atoms in total. The molecule has 0 N–H and O–H groups in total. The third kappa shape index (κ3) is 2.78. The monoisotopic (exact) mass is 234 g/mol. The lowest BCUT2D eigenvalue weighted by Crippen LogP contribution is -1.93. The lowest BCUT2D eigenvalue weighted by Gasteiger charge is -2.11. The van der Waals surface area contributed by atoms with Gasteiger partial charge in [-0.1, -0.05) is 73.3 Å². The highest BCUT2D eigenvalue weighted by atomic mass is 14.1. The van der Waals surface area contributed by atoms with Gasteiger partial charge in [-0.05, 0) is 22.8 Å². The van der Waals surface area contributed by atoms with E-state index >= 15 is 0 Å². The predicted octanol–water partition coefficient (Wildman–Crippen LogP) is 5.24. The molecule has 0 aliphatic carbocycles. The van der Waals surface area contributed by atoms with Gasteiger partial charge < -0.3 is 0 Å². The minimum absolute atomic E-state index is 0.366. The molecular formula is C18H18. The fourth-order valence-corrected chi connectivity index (χ4v) is 2.13. The molecule has 18 heavy (non-hydrogen) atoms. The van der Waals surface area contributed by atoms with E-state index in [2.05, 4.69) is 61.7 Å². The van der Waals surface area contributed by atoms with Crippen LogP contribution in [0.4, 0.5) is 0 Å². The smallest absolute Gasteiger partial charge is 0.00501 e. The van der Waals surface area contributed by atoms with Crippen LogP contribution in [0, 0.1) is 0 Å². The van der Waals surface area contributed by atoms with Gasteiger partial charge in [0.25, 0.3) is 0 Å². The van der Waals surface area contributed by atoms with Gasteiger partial charge in [-0.25, -0.2) is 0 Å². The molecule has 2 rings (SSSR count). The van der Waals surface area contributed by atoms with Gasteiger partial charge in [0.05, 0.1) is 0 Å². The fourth-order valence-electron chi connectivity index (χ4n) is 2.13. The predicted molar refractivity (Wildman–Crippen MR) is 80.8 cm³/mol. The molecule has 0 heteroatoms. The number of hydrogen-bond acceptors (Lipinski definition) is 0. The second kappa shape index (κ2) is 6.02. The topological polar surface area (TPSA) is 0 Å². The van der Waals surface area contributed by atoms with Gasteiger partial charge in [-0.15, -0.1) is 6.58 Å². The van der Waals surface area contributed by atoms with Gasteiger partial charge in [0.2, 0.25) is 0 Å². The standard InChI is InChI=1S/C18H18/c1-3-5-6-9-15(4-2)18-13-12-16-10-7-8-11-17(16)14-18/h3-8,10-15H,1-2,9H2/b6-5+/t15-/m0/s1. The number of hydrogen-bond donors (Lipinski definition) is 0. The maximum atomic E-state index is 3.94. The highest BCUT2D eigenvalue weighted by Gasteiger charge is 2.06. The minimum atomic E-state index is 0.366. The first kappa shape index (κ1) is 12.4. The molecule has 0 radical (unpaired) electrons. The van der Waals surface area contributed by atoms with Crippen LogP contribution in [-0.4, -0.2) is 0 Å². The molecule has 0 heterocycles. The van der Waals surface area contributed by atoms with Gasteiger partial charge in [-0.2, -0.15) is 0 Å². The second-order valence-electron chi connectivity index (χ2n) is 4.35. The van der Waals surface area contributed by atoms with Crippen LogP contribution in [0.1, 0.15) is 17.9 Å². The van der Waals surface area contributed by atoms with Crippen molar-refractivity contribution in [3.63, 3.8) is 0 Å². The summed E-state index contributed by atoms with van der Waals surface area (Å²) in [5.74, 6) is 0.366. The summed E-state index contributed by atoms with van der Waals surface area (Å²) in [6.07, 6.45) is 8.90. The van der Waals surface area contributed by atoms with Crippen LogP contribution in [-0.2, 0) is 0 Å². The Morgan fingerprint density at radius 3 is 2.50 bits per heavy atom. The zero-order chi connectivity index (χ0) is 12.8. The van der Waals surface area contributed by atoms with E-state index < -0.39 is 0 Å². The van der Waals surface area contributed by atoms with Crippen molar-refractivity contribution >= 4 is 10.8 Å². The van der Waals surface area contributed by atoms with E-state index in [9.17, 15) is 0 Å². The van der Waals surface area contributed by atoms with E-state index in [0.29, 0.717) is 5.92 Å². The molecular weight excluding hydrogens is 216 g/mol. The average Bonchev–Trinajstić information content (AvgIpc) is 2.43. The summed E-state index contributed by atoms with van der Waals surface area (Å²) in [6, 6.07) is 15.1. The largest absolute Gasteiger partial charge is 0.102 e. The first-order valence-electron chi connectivity index (χ1n) is 6.24. The van der Waals surface area contributed by atoms with E-state index in [1.807, 2.05) is 12.2 Å². The molecule has 2 aromatic rings. The molecule has 1 atom stereocenters. The Hall–Kier alpha value is -2.08. The first-order chi connectivity index (χ1) is 8.85. The highest BCUT2D eigenvalue weighted by Crippen LogP contribution is 2.25. The Morgan fingerprint density at radius 1 is 1.00 bits per heavy atom. The molecule has 0 aromatic heterocycles. The molecule has 0 saturated heterocycles. The number of benzene rings is 2. The van der Waals surface area contributed by atoms with Crippen LogP contribution >= 0.6 is 0 Å². The number of allylic oxidation sites excluding steroid dienone is 4. The normalized spacial score (nSPS) is 12.7. The fraction of sp³-hybridized carbons (Fsp3) is 0.111. The molecule has 0 fully saturated rings. The lowest BCUT2D eigenvalue weighted by molar-refractivity contribution is 0.868. The maximum Gasteiger partial charge on any atom is 0.00501 e. The van der Waals surface area contributed by atoms with Crippen molar-refractivity contribution in [2.24, 2.45) is 0 Å². The third-order valence-corrected chi connectivity index (χ3v) is 3.15. The minimum Gasteiger partial charge on any atom is -0.102 e. The molecule has 0 saturated carbocycles. The number of fused-ring (bicyclic) bond motifs is 1. The van der Waals surface area contributed by atoms with Crippen LogP contribution in [0.2, 0.25) is 0 Å². The molecule has 0 spiro atoms. The van der Waals surface area contributed by atoms with Crippen molar-refractivity contribution in [3.05, 3.63) is 85.5 Å². The van der Waals surface area contributed by atoms with E-state index in [1.54, 1.807) is 6.08 Å². The zero-order valence-corrected chi connectivity index (χ0v) is 10.5. The van der Waals surface area contributed by atoms with Crippen molar-refractivity contribution in [1.29, 1.82) is 0 Å². The number of rotatable bonds is 5. The Balaban J connectivity index is 2.30. The van der Waals surface area contributed by atoms with Crippen molar-refractivity contribution in [1.82, 2.24) is 0 Å². The van der Waals surface area contributed by atoms with Gasteiger partial charge in [0.1, 0.15) is 0 Å². The summed E-state index contributed by atoms with van der Waals surface area (Å²) in [5.41, 5.74) is 1.32. The summed E-state index contributed by atoms with van der Waals surface area (Å²) in [4.78, 5) is 0. The van der Waals surface area contributed by atoms with E-state index in [1.165, 1.54) is 16.3 Å². The molecule has 0 bridgehead atoms. The Labute approximate surface area is 109 Å². The lowest BCUT2D eigenvalue weighted by atomic mass is 9.93. The van der Waals surface area contributed by atoms with Crippen LogP contribution in [0.3, 0.4) is 0 Å². The summed E-state index contributed by atoms with van der Waals surface area (Å²) in [7, 11) is 0. The third-order valence-electron chi connectivity index (χ3n) is 3.15. The summed E-state index contributed by atoms with van der Waals surface area (Å²) < 4.78 is 0. The van der Waals surface area contributed by atoms with Crippen molar-refractivity contribution < 1.29 is 0 Å². The van der Waals surface area contributed by atoms with E-state index in [0.717, 1.165) is 6.42 Å². The van der Waals surface area contributed by atoms with Gasteiger partial charge in [0, 0.05) is 5.92 Å². The Morgan fingerprint density at radius 2 is 1.78 bits per heavy atom. The molecule has 0 aliphatic rings. The van der Waals surface area contributed by atoms with E-state index in [4.69, 9.17) is 0 Å². The van der Waals surface area contributed by atoms with Gasteiger partial charge in [-0.3, -0.25) is 0 Å². The van der Waals surface area contributed by atoms with Crippen molar-refractivity contribution in [2.45, 2.75) is 12.3 Å². The van der Waals surface area contributed by atoms with Crippen LogP contribution in [0.25, 0.3) is 10.8 Å². The quantitative estimate of drug-likeness (QED) is 0.490. The van der Waals surface area contributed by atoms with Gasteiger partial charge in [0.15, 0.2) is 0 Å². The highest BCUT2D eigenvalue weighted by molar-refractivity contribution is 5.83. The summed E-state index contributed by atoms with van der Waals surface area (Å²) in [6.45, 7) is 7.62. The van der Waals surface area contributed by atoms with Crippen LogP contribution in [0.5, 0.6) is 0 Å². The Bertz CT molecular complexity index is 575. The van der Waals surface area contributed by atoms with Crippen LogP contribution in [0.15, 0.2) is 79.9 Å². The zero-order valence-electron chi connectivity index (χ0n) is 10.5. The second-order valence-corrected chi connectivity index (χ2v) is 4.35. The molecule has 0 unspecified atom stereocenters. The van der Waals surface area contributed by atoms with Crippen molar-refractivity contribution in [3.8, 4) is 0 Å². The van der Waals surface area contributed by atoms with Gasteiger partial charge >= 0.3 is 0 Å². The average molecular weight is 234 g/mol.